The summed E-state index contributed by atoms with van der Waals surface area (Å²) in [5.41, 5.74) is 0. The summed E-state index contributed by atoms with van der Waals surface area (Å²) in [5, 5.41) is 0. The van der Waals surface area contributed by atoms with Gasteiger partial charge in [0.25, 0.3) is 0 Å². The Morgan fingerprint density at radius 3 is 2.73 bits per heavy atom. The predicted octanol–water partition coefficient (Wildman–Crippen LogP) is 2.86. The van der Waals surface area contributed by atoms with E-state index in [0.29, 0.717) is 6.04 Å². The second-order valence-electron chi connectivity index (χ2n) is 2.65. The molecule has 0 N–H and O–H groups in total. The first kappa shape index (κ1) is 10.9. The highest BCUT2D eigenvalue weighted by atomic mass is 127. The van der Waals surface area contributed by atoms with E-state index in [2.05, 4.69) is 23.4 Å². The number of rotatable bonds is 3. The molecule has 1 rings (SSSR count). The normalized spacial score (nSPS) is 12.2. The first-order valence-corrected chi connectivity index (χ1v) is 3.82. The van der Waals surface area contributed by atoms with Crippen molar-refractivity contribution in [3.8, 4) is 0 Å². The van der Waals surface area contributed by atoms with Crippen LogP contribution in [0.5, 0.6) is 0 Å². The third-order valence-corrected chi connectivity index (χ3v) is 1.74. The van der Waals surface area contributed by atoms with Crippen LogP contribution in [0, 0.1) is 0 Å². The Balaban J connectivity index is 0.000001000. The molecule has 0 fully saturated rings. The van der Waals surface area contributed by atoms with E-state index >= 15 is 0 Å². The van der Waals surface area contributed by atoms with Crippen LogP contribution in [0.25, 0.3) is 0 Å². The van der Waals surface area contributed by atoms with Crippen molar-refractivity contribution >= 4 is 24.0 Å². The number of nitrogens with zero attached hydrogens (tertiary/aromatic N) is 2. The molecule has 3 heteroatoms. The van der Waals surface area contributed by atoms with E-state index < -0.39 is 0 Å². The Labute approximate surface area is 85.0 Å². The van der Waals surface area contributed by atoms with Crippen molar-refractivity contribution in [2.75, 3.05) is 0 Å². The van der Waals surface area contributed by atoms with Gasteiger partial charge in [0.2, 0.25) is 0 Å². The molecule has 0 saturated carbocycles. The van der Waals surface area contributed by atoms with Gasteiger partial charge in [-0.1, -0.05) is 13.3 Å². The third-order valence-electron chi connectivity index (χ3n) is 1.74. The largest absolute Gasteiger partial charge is 0.335 e. The Morgan fingerprint density at radius 2 is 2.27 bits per heavy atom. The van der Waals surface area contributed by atoms with Gasteiger partial charge in [0.15, 0.2) is 0 Å². The molecule has 64 valence electrons. The average molecular weight is 266 g/mol. The number of halogens is 1. The van der Waals surface area contributed by atoms with Crippen LogP contribution >= 0.6 is 24.0 Å². The van der Waals surface area contributed by atoms with Gasteiger partial charge in [0.05, 0.1) is 6.33 Å². The van der Waals surface area contributed by atoms with Gasteiger partial charge in [0.1, 0.15) is 0 Å². The molecule has 1 atom stereocenters. The van der Waals surface area contributed by atoms with Crippen molar-refractivity contribution in [2.24, 2.45) is 0 Å². The van der Waals surface area contributed by atoms with Gasteiger partial charge in [-0.25, -0.2) is 4.98 Å². The average Bonchev–Trinajstić information content (AvgIpc) is 2.38. The molecular formula is C8H15IN2. The van der Waals surface area contributed by atoms with Gasteiger partial charge >= 0.3 is 0 Å². The summed E-state index contributed by atoms with van der Waals surface area (Å²) < 4.78 is 2.14. The lowest BCUT2D eigenvalue weighted by molar-refractivity contribution is 0.500. The molecule has 0 aromatic carbocycles. The van der Waals surface area contributed by atoms with Crippen LogP contribution in [0.1, 0.15) is 32.7 Å². The summed E-state index contributed by atoms with van der Waals surface area (Å²) in [6.07, 6.45) is 8.18. The molecule has 0 radical (unpaired) electrons. The van der Waals surface area contributed by atoms with Crippen LogP contribution in [0.2, 0.25) is 0 Å². The maximum absolute atomic E-state index is 3.99. The van der Waals surface area contributed by atoms with Gasteiger partial charge in [-0.05, 0) is 13.3 Å². The molecule has 1 heterocycles. The van der Waals surface area contributed by atoms with Crippen LogP contribution in [0.3, 0.4) is 0 Å². The van der Waals surface area contributed by atoms with Gasteiger partial charge in [0, 0.05) is 18.4 Å². The molecular weight excluding hydrogens is 251 g/mol. The number of imidazole rings is 1. The molecule has 1 aromatic rings. The van der Waals surface area contributed by atoms with Crippen molar-refractivity contribution in [3.63, 3.8) is 0 Å². The minimum atomic E-state index is 0. The first-order chi connectivity index (χ1) is 4.84. The summed E-state index contributed by atoms with van der Waals surface area (Å²) in [4.78, 5) is 3.99. The summed E-state index contributed by atoms with van der Waals surface area (Å²) in [5.74, 6) is 0. The Hall–Kier alpha value is -0.0600. The van der Waals surface area contributed by atoms with E-state index in [9.17, 15) is 0 Å². The van der Waals surface area contributed by atoms with Crippen LogP contribution < -0.4 is 0 Å². The van der Waals surface area contributed by atoms with Gasteiger partial charge < -0.3 is 4.57 Å². The Bertz CT molecular complexity index is 172. The SMILES string of the molecule is CCCC(C)n1ccnc1.I. The minimum absolute atomic E-state index is 0. The monoisotopic (exact) mass is 266 g/mol. The van der Waals surface area contributed by atoms with E-state index in [4.69, 9.17) is 0 Å². The minimum Gasteiger partial charge on any atom is -0.335 e. The highest BCUT2D eigenvalue weighted by molar-refractivity contribution is 14.0. The van der Waals surface area contributed by atoms with Gasteiger partial charge in [-0.2, -0.15) is 0 Å². The molecule has 0 spiro atoms. The highest BCUT2D eigenvalue weighted by Crippen LogP contribution is 2.10. The maximum atomic E-state index is 3.99. The summed E-state index contributed by atoms with van der Waals surface area (Å²) >= 11 is 0. The molecule has 0 saturated heterocycles. The maximum Gasteiger partial charge on any atom is 0.0948 e. The molecule has 0 aliphatic carbocycles. The predicted molar refractivity (Wildman–Crippen MR) is 57.3 cm³/mol. The zero-order valence-electron chi connectivity index (χ0n) is 7.03. The topological polar surface area (TPSA) is 17.8 Å². The van der Waals surface area contributed by atoms with E-state index in [0.717, 1.165) is 0 Å². The lowest BCUT2D eigenvalue weighted by atomic mass is 10.2. The van der Waals surface area contributed by atoms with E-state index in [-0.39, 0.29) is 24.0 Å². The second-order valence-corrected chi connectivity index (χ2v) is 2.65. The molecule has 0 aliphatic rings. The van der Waals surface area contributed by atoms with Crippen LogP contribution in [0.4, 0.5) is 0 Å². The molecule has 0 amide bonds. The molecule has 0 aliphatic heterocycles. The van der Waals surface area contributed by atoms with E-state index in [1.54, 1.807) is 0 Å². The summed E-state index contributed by atoms with van der Waals surface area (Å²) in [6.45, 7) is 4.42. The number of hydrogen-bond acceptors (Lipinski definition) is 1. The smallest absolute Gasteiger partial charge is 0.0948 e. The van der Waals surface area contributed by atoms with Crippen LogP contribution in [-0.4, -0.2) is 9.55 Å². The van der Waals surface area contributed by atoms with Crippen molar-refractivity contribution < 1.29 is 0 Å². The zero-order valence-corrected chi connectivity index (χ0v) is 9.36. The molecule has 2 nitrogen and oxygen atoms in total. The van der Waals surface area contributed by atoms with Crippen molar-refractivity contribution in [2.45, 2.75) is 32.7 Å². The second kappa shape index (κ2) is 5.57. The zero-order chi connectivity index (χ0) is 7.40. The van der Waals surface area contributed by atoms with Gasteiger partial charge in [-0.3, -0.25) is 0 Å². The first-order valence-electron chi connectivity index (χ1n) is 3.82. The highest BCUT2D eigenvalue weighted by Gasteiger charge is 1.99. The Kier molecular flexibility index (Phi) is 5.54. The van der Waals surface area contributed by atoms with Crippen molar-refractivity contribution in [3.05, 3.63) is 18.7 Å². The summed E-state index contributed by atoms with van der Waals surface area (Å²) in [6, 6.07) is 0.604. The fourth-order valence-electron chi connectivity index (χ4n) is 1.10. The Morgan fingerprint density at radius 1 is 1.55 bits per heavy atom. The molecule has 11 heavy (non-hydrogen) atoms. The lowest BCUT2D eigenvalue weighted by Gasteiger charge is -2.10. The number of aromatic nitrogens is 2. The quantitative estimate of drug-likeness (QED) is 0.769. The van der Waals surface area contributed by atoms with Crippen LogP contribution in [-0.2, 0) is 0 Å². The third kappa shape index (κ3) is 3.22. The lowest BCUT2D eigenvalue weighted by Crippen LogP contribution is -2.00. The fourth-order valence-corrected chi connectivity index (χ4v) is 1.10. The van der Waals surface area contributed by atoms with Crippen LogP contribution in [0.15, 0.2) is 18.7 Å². The molecule has 1 unspecified atom stereocenters. The number of hydrogen-bond donors (Lipinski definition) is 0. The summed E-state index contributed by atoms with van der Waals surface area (Å²) in [7, 11) is 0. The fraction of sp³-hybridized carbons (Fsp3) is 0.625. The van der Waals surface area contributed by atoms with Gasteiger partial charge in [-0.15, -0.1) is 24.0 Å². The molecule has 1 aromatic heterocycles. The van der Waals surface area contributed by atoms with E-state index in [1.807, 2.05) is 18.7 Å². The molecule has 0 bridgehead atoms. The van der Waals surface area contributed by atoms with E-state index in [1.165, 1.54) is 12.8 Å². The van der Waals surface area contributed by atoms with Crippen molar-refractivity contribution in [1.29, 1.82) is 0 Å². The van der Waals surface area contributed by atoms with Crippen molar-refractivity contribution in [1.82, 2.24) is 9.55 Å². The standard InChI is InChI=1S/C8H14N2.HI/c1-3-4-8(2)10-6-5-9-7-10;/h5-8H,3-4H2,1-2H3;1H.